The summed E-state index contributed by atoms with van der Waals surface area (Å²) in [5.74, 6) is -0.818. The number of allylic oxidation sites excluding steroid dienone is 1. The van der Waals surface area contributed by atoms with Gasteiger partial charge in [-0.1, -0.05) is 145 Å². The van der Waals surface area contributed by atoms with Gasteiger partial charge in [-0.25, -0.2) is 4.79 Å². The lowest BCUT2D eigenvalue weighted by molar-refractivity contribution is -0.384. The van der Waals surface area contributed by atoms with Gasteiger partial charge in [0.2, 0.25) is 5.79 Å². The van der Waals surface area contributed by atoms with Gasteiger partial charge in [0.05, 0.1) is 42.9 Å². The highest BCUT2D eigenvalue weighted by molar-refractivity contribution is 6.03. The fraction of sp³-hybridized carbons (Fsp3) is 0.313. The first-order valence-electron chi connectivity index (χ1n) is 28.1. The summed E-state index contributed by atoms with van der Waals surface area (Å²) in [5.41, 5.74) is 6.99. The molecular formula is C67H69N3O11. The van der Waals surface area contributed by atoms with Gasteiger partial charge in [-0.15, -0.1) is 6.58 Å². The summed E-state index contributed by atoms with van der Waals surface area (Å²) in [6.07, 6.45) is 7.67. The second kappa shape index (κ2) is 26.9. The zero-order valence-electron chi connectivity index (χ0n) is 45.4. The molecule has 7 aromatic carbocycles. The number of ether oxygens (including phenoxy) is 5. The van der Waals surface area contributed by atoms with Crippen molar-refractivity contribution in [3.05, 3.63) is 227 Å². The van der Waals surface area contributed by atoms with Crippen LogP contribution in [-0.4, -0.2) is 76.7 Å². The fourth-order valence-corrected chi connectivity index (χ4v) is 12.0. The van der Waals surface area contributed by atoms with Gasteiger partial charge in [-0.05, 0) is 124 Å². The SMILES string of the molecule is C=CCO[C@@]12Oc3ccc(Oc4ccc(-c5ccccc5)cc4)cc3[C@H]3[C@H](CCCCO)[C@@H](CCCCO)C=C(C(=NOCc4ccc([N+](=O)[O-])cc4)C[C@@H]1N(Cc1cccc4ccccc14)C(=O)OCCOCc1ccccc1)[C@H]32. The molecule has 1 amide bonds. The number of nitrogens with zero attached hydrogens (tertiary/aromatic N) is 3. The van der Waals surface area contributed by atoms with Gasteiger partial charge in [0.25, 0.3) is 5.69 Å². The molecule has 0 unspecified atom stereocenters. The Kier molecular flexibility index (Phi) is 18.6. The molecule has 81 heavy (non-hydrogen) atoms. The number of aliphatic hydroxyl groups excluding tert-OH is 2. The molecule has 10 rings (SSSR count). The number of oxime groups is 1. The maximum atomic E-state index is 15.5. The molecule has 0 aromatic heterocycles. The Morgan fingerprint density at radius 2 is 1.46 bits per heavy atom. The van der Waals surface area contributed by atoms with Crippen molar-refractivity contribution in [2.24, 2.45) is 22.9 Å². The summed E-state index contributed by atoms with van der Waals surface area (Å²) in [6, 6.07) is 53.3. The number of non-ortho nitro benzene ring substituents is 1. The van der Waals surface area contributed by atoms with E-state index in [2.05, 4.69) is 30.9 Å². The topological polar surface area (TPSA) is 172 Å². The number of amides is 1. The predicted molar refractivity (Wildman–Crippen MR) is 312 cm³/mol. The van der Waals surface area contributed by atoms with Gasteiger partial charge in [0.15, 0.2) is 0 Å². The number of unbranched alkanes of at least 4 members (excludes halogenated alkanes) is 2. The summed E-state index contributed by atoms with van der Waals surface area (Å²) < 4.78 is 33.9. The van der Waals surface area contributed by atoms with E-state index in [0.29, 0.717) is 48.0 Å². The van der Waals surface area contributed by atoms with Gasteiger partial charge in [-0.3, -0.25) is 15.0 Å². The summed E-state index contributed by atoms with van der Waals surface area (Å²) >= 11 is 0. The van der Waals surface area contributed by atoms with Crippen molar-refractivity contribution >= 4 is 28.3 Å². The third-order valence-corrected chi connectivity index (χ3v) is 15.8. The number of hydrogen-bond donors (Lipinski definition) is 2. The van der Waals surface area contributed by atoms with E-state index < -0.39 is 28.8 Å². The Labute approximate surface area is 473 Å². The number of benzene rings is 7. The smallest absolute Gasteiger partial charge is 0.410 e. The quantitative estimate of drug-likeness (QED) is 0.0229. The Morgan fingerprint density at radius 1 is 0.765 bits per heavy atom. The zero-order valence-corrected chi connectivity index (χ0v) is 45.4. The average Bonchev–Trinajstić information content (AvgIpc) is 3.61. The van der Waals surface area contributed by atoms with Crippen molar-refractivity contribution in [1.29, 1.82) is 0 Å². The minimum Gasteiger partial charge on any atom is -0.459 e. The van der Waals surface area contributed by atoms with Crippen molar-refractivity contribution in [3.63, 3.8) is 0 Å². The van der Waals surface area contributed by atoms with Crippen LogP contribution in [0.5, 0.6) is 17.2 Å². The summed E-state index contributed by atoms with van der Waals surface area (Å²) in [7, 11) is 0. The number of nitro benzene ring substituents is 1. The minimum absolute atomic E-state index is 0.00641. The fourth-order valence-electron chi connectivity index (χ4n) is 12.0. The summed E-state index contributed by atoms with van der Waals surface area (Å²) in [6.45, 7) is 4.83. The molecule has 1 saturated carbocycles. The first-order valence-corrected chi connectivity index (χ1v) is 28.1. The highest BCUT2D eigenvalue weighted by Crippen LogP contribution is 2.62. The molecule has 7 aromatic rings. The van der Waals surface area contributed by atoms with E-state index in [1.807, 2.05) is 127 Å². The maximum absolute atomic E-state index is 15.5. The molecule has 1 aliphatic heterocycles. The summed E-state index contributed by atoms with van der Waals surface area (Å²) in [4.78, 5) is 34.6. The monoisotopic (exact) mass is 1090 g/mol. The first-order chi connectivity index (χ1) is 39.8. The highest BCUT2D eigenvalue weighted by atomic mass is 16.7. The van der Waals surface area contributed by atoms with Crippen LogP contribution in [-0.2, 0) is 38.8 Å². The van der Waals surface area contributed by atoms with Crippen LogP contribution < -0.4 is 9.47 Å². The zero-order chi connectivity index (χ0) is 56.0. The van der Waals surface area contributed by atoms with Crippen molar-refractivity contribution in [1.82, 2.24) is 4.90 Å². The Morgan fingerprint density at radius 3 is 2.21 bits per heavy atom. The molecule has 0 bridgehead atoms. The largest absolute Gasteiger partial charge is 0.459 e. The lowest BCUT2D eigenvalue weighted by atomic mass is 9.55. The van der Waals surface area contributed by atoms with Gasteiger partial charge in [-0.2, -0.15) is 0 Å². The average molecular weight is 1090 g/mol. The lowest BCUT2D eigenvalue weighted by Gasteiger charge is -2.59. The molecule has 14 nitrogen and oxygen atoms in total. The van der Waals surface area contributed by atoms with Crippen LogP contribution in [0.4, 0.5) is 10.5 Å². The molecule has 2 N–H and O–H groups in total. The number of carbonyl (C=O) groups excluding carboxylic acids is 1. The molecule has 1 fully saturated rings. The van der Waals surface area contributed by atoms with Gasteiger partial charge in [0, 0.05) is 43.2 Å². The lowest BCUT2D eigenvalue weighted by Crippen LogP contribution is -2.70. The van der Waals surface area contributed by atoms with Crippen LogP contribution in [0.25, 0.3) is 21.9 Å². The van der Waals surface area contributed by atoms with Crippen LogP contribution >= 0.6 is 0 Å². The molecule has 0 saturated heterocycles. The van der Waals surface area contributed by atoms with Gasteiger partial charge >= 0.3 is 6.09 Å². The molecule has 3 aliphatic rings. The van der Waals surface area contributed by atoms with E-state index in [0.717, 1.165) is 69.8 Å². The predicted octanol–water partition coefficient (Wildman–Crippen LogP) is 13.9. The van der Waals surface area contributed by atoms with Crippen LogP contribution in [0.3, 0.4) is 0 Å². The third kappa shape index (κ3) is 13.1. The normalized spacial score (nSPS) is 20.3. The number of aliphatic hydroxyl groups is 2. The van der Waals surface area contributed by atoms with E-state index in [4.69, 9.17) is 33.7 Å². The summed E-state index contributed by atoms with van der Waals surface area (Å²) in [5, 5.41) is 38.9. The number of nitro groups is 1. The molecule has 6 atom stereocenters. The molecule has 14 heteroatoms. The van der Waals surface area contributed by atoms with E-state index in [1.54, 1.807) is 23.1 Å². The van der Waals surface area contributed by atoms with Crippen molar-refractivity contribution in [3.8, 4) is 28.4 Å². The number of rotatable bonds is 26. The number of fused-ring (bicyclic) bond motifs is 3. The standard InChI is InChI=1S/C67H69N3O11/c1-2-38-78-67-63(69(44-53-23-15-22-51-20-9-10-24-57(51)53)66(73)77-40-39-76-45-47-16-5-3-6-17-47)43-61(68-79-46-48-26-30-54(31-27-48)70(74)75)59-41-52(21-11-13-36-71)58(25-12-14-37-72)64(65(59)67)60-42-56(34-35-62(60)81-67)80-55-32-28-50(29-33-55)49-18-7-4-8-19-49/h2-10,15-20,22-24,26-35,41-42,52,58,63-65,71-72H,1,11-14,21,25,36-40,43-46H2/t52-,58+,63-,64+,65+,67+/m0/s1. The molecular weight excluding hydrogens is 1020 g/mol. The van der Waals surface area contributed by atoms with E-state index in [-0.39, 0.29) is 76.0 Å². The van der Waals surface area contributed by atoms with Crippen molar-refractivity contribution < 1.29 is 48.5 Å². The number of hydrogen-bond acceptors (Lipinski definition) is 12. The highest BCUT2D eigenvalue weighted by Gasteiger charge is 2.66. The van der Waals surface area contributed by atoms with Crippen LogP contribution in [0.15, 0.2) is 199 Å². The second-order valence-electron chi connectivity index (χ2n) is 20.9. The van der Waals surface area contributed by atoms with Gasteiger partial charge < -0.3 is 38.7 Å². The third-order valence-electron chi connectivity index (χ3n) is 15.8. The van der Waals surface area contributed by atoms with E-state index in [1.165, 1.54) is 12.1 Å². The first kappa shape index (κ1) is 56.1. The van der Waals surface area contributed by atoms with E-state index >= 15 is 4.79 Å². The van der Waals surface area contributed by atoms with Crippen molar-refractivity contribution in [2.75, 3.05) is 33.0 Å². The van der Waals surface area contributed by atoms with Crippen molar-refractivity contribution in [2.45, 2.75) is 82.5 Å². The molecule has 2 aliphatic carbocycles. The maximum Gasteiger partial charge on any atom is 0.410 e. The molecule has 418 valence electrons. The van der Waals surface area contributed by atoms with Crippen LogP contribution in [0, 0.1) is 27.9 Å². The van der Waals surface area contributed by atoms with Crippen LogP contribution in [0.1, 0.15) is 73.1 Å². The molecule has 1 heterocycles. The Balaban J connectivity index is 1.12. The molecule has 0 radical (unpaired) electrons. The minimum atomic E-state index is -1.59. The van der Waals surface area contributed by atoms with E-state index in [9.17, 15) is 20.3 Å². The number of carbonyl (C=O) groups is 1. The van der Waals surface area contributed by atoms with Crippen LogP contribution in [0.2, 0.25) is 0 Å². The Bertz CT molecular complexity index is 3290. The Hall–Kier alpha value is -8.14. The van der Waals surface area contributed by atoms with Gasteiger partial charge in [0.1, 0.15) is 36.5 Å². The second-order valence-corrected chi connectivity index (χ2v) is 20.9. The molecule has 0 spiro atoms.